The van der Waals surface area contributed by atoms with Crippen molar-refractivity contribution in [3.63, 3.8) is 0 Å². The molecule has 0 saturated carbocycles. The molecule has 0 aliphatic carbocycles. The lowest BCUT2D eigenvalue weighted by Gasteiger charge is -2.22. The van der Waals surface area contributed by atoms with Gasteiger partial charge in [-0.1, -0.05) is 0 Å². The Labute approximate surface area is 140 Å². The molecule has 3 heterocycles. The van der Waals surface area contributed by atoms with Crippen molar-refractivity contribution in [1.82, 2.24) is 24.6 Å². The average molecular weight is 331 g/mol. The molecule has 3 rings (SSSR count). The maximum atomic E-state index is 12.3. The molecule has 128 valence electrons. The van der Waals surface area contributed by atoms with Crippen LogP contribution in [0.3, 0.4) is 0 Å². The zero-order valence-electron chi connectivity index (χ0n) is 13.5. The van der Waals surface area contributed by atoms with Crippen LogP contribution in [0, 0.1) is 0 Å². The fraction of sp³-hybridized carbons (Fsp3) is 0.500. The van der Waals surface area contributed by atoms with E-state index in [0.717, 1.165) is 12.8 Å². The number of rotatable bonds is 5. The zero-order chi connectivity index (χ0) is 16.8. The Morgan fingerprint density at radius 3 is 2.75 bits per heavy atom. The summed E-state index contributed by atoms with van der Waals surface area (Å²) in [5.74, 6) is 0.0944. The molecule has 0 spiro atoms. The summed E-state index contributed by atoms with van der Waals surface area (Å²) >= 11 is 0. The Hall–Kier alpha value is -2.64. The highest BCUT2D eigenvalue weighted by molar-refractivity contribution is 5.93. The molecule has 0 aromatic carbocycles. The standard InChI is InChI=1S/C16H21N5O3/c22-15(3-1-7-21-13-17-12-18-21)19-5-2-6-20(9-8-19)16(23)14-4-10-24-11-14/h4,10-13H,1-3,5-9H2. The van der Waals surface area contributed by atoms with E-state index in [1.165, 1.54) is 18.9 Å². The van der Waals surface area contributed by atoms with Gasteiger partial charge in [0.05, 0.1) is 11.8 Å². The molecule has 2 aromatic rings. The molecule has 0 bridgehead atoms. The summed E-state index contributed by atoms with van der Waals surface area (Å²) in [6.07, 6.45) is 8.10. The largest absolute Gasteiger partial charge is 0.472 e. The molecular weight excluding hydrogens is 310 g/mol. The van der Waals surface area contributed by atoms with Crippen molar-refractivity contribution in [2.45, 2.75) is 25.8 Å². The summed E-state index contributed by atoms with van der Waals surface area (Å²) in [5.41, 5.74) is 0.558. The maximum Gasteiger partial charge on any atom is 0.257 e. The van der Waals surface area contributed by atoms with Gasteiger partial charge in [0.1, 0.15) is 18.9 Å². The zero-order valence-corrected chi connectivity index (χ0v) is 13.5. The summed E-state index contributed by atoms with van der Waals surface area (Å²) in [6.45, 7) is 3.17. The van der Waals surface area contributed by atoms with Gasteiger partial charge >= 0.3 is 0 Å². The molecule has 1 fully saturated rings. The van der Waals surface area contributed by atoms with Crippen LogP contribution >= 0.6 is 0 Å². The molecular formula is C16H21N5O3. The van der Waals surface area contributed by atoms with Gasteiger partial charge in [0.25, 0.3) is 5.91 Å². The van der Waals surface area contributed by atoms with Gasteiger partial charge in [-0.25, -0.2) is 4.98 Å². The van der Waals surface area contributed by atoms with Gasteiger partial charge in [-0.3, -0.25) is 14.3 Å². The number of carbonyl (C=O) groups excluding carboxylic acids is 2. The Balaban J connectivity index is 1.46. The van der Waals surface area contributed by atoms with E-state index in [9.17, 15) is 9.59 Å². The Kier molecular flexibility index (Phi) is 5.25. The van der Waals surface area contributed by atoms with Crippen molar-refractivity contribution < 1.29 is 14.0 Å². The molecule has 0 radical (unpaired) electrons. The van der Waals surface area contributed by atoms with Gasteiger partial charge in [0.2, 0.25) is 5.91 Å². The fourth-order valence-electron chi connectivity index (χ4n) is 2.84. The number of hydrogen-bond acceptors (Lipinski definition) is 5. The normalized spacial score (nSPS) is 15.3. The van der Waals surface area contributed by atoms with Gasteiger partial charge in [0.15, 0.2) is 0 Å². The van der Waals surface area contributed by atoms with Crippen LogP contribution in [-0.2, 0) is 11.3 Å². The Bertz CT molecular complexity index is 653. The van der Waals surface area contributed by atoms with Crippen molar-refractivity contribution in [2.24, 2.45) is 0 Å². The molecule has 1 saturated heterocycles. The molecule has 24 heavy (non-hydrogen) atoms. The van der Waals surface area contributed by atoms with E-state index in [0.29, 0.717) is 44.7 Å². The molecule has 0 unspecified atom stereocenters. The smallest absolute Gasteiger partial charge is 0.257 e. The summed E-state index contributed by atoms with van der Waals surface area (Å²) in [6, 6.07) is 1.67. The first-order valence-electron chi connectivity index (χ1n) is 8.16. The molecule has 8 nitrogen and oxygen atoms in total. The molecule has 0 N–H and O–H groups in total. The predicted molar refractivity (Wildman–Crippen MR) is 85.1 cm³/mol. The number of aromatic nitrogens is 3. The van der Waals surface area contributed by atoms with Gasteiger partial charge in [-0.05, 0) is 18.9 Å². The second-order valence-electron chi connectivity index (χ2n) is 5.80. The van der Waals surface area contributed by atoms with E-state index in [-0.39, 0.29) is 11.8 Å². The summed E-state index contributed by atoms with van der Waals surface area (Å²) in [4.78, 5) is 32.2. The quantitative estimate of drug-likeness (QED) is 0.817. The van der Waals surface area contributed by atoms with Crippen LogP contribution in [0.25, 0.3) is 0 Å². The number of nitrogens with zero attached hydrogens (tertiary/aromatic N) is 5. The first-order chi connectivity index (χ1) is 11.7. The third kappa shape index (κ3) is 4.01. The lowest BCUT2D eigenvalue weighted by molar-refractivity contribution is -0.131. The van der Waals surface area contributed by atoms with Crippen LogP contribution < -0.4 is 0 Å². The lowest BCUT2D eigenvalue weighted by atomic mass is 10.2. The minimum absolute atomic E-state index is 0.0377. The summed E-state index contributed by atoms with van der Waals surface area (Å²) in [5, 5.41) is 4.02. The minimum Gasteiger partial charge on any atom is -0.472 e. The lowest BCUT2D eigenvalue weighted by Crippen LogP contribution is -2.37. The number of aryl methyl sites for hydroxylation is 1. The van der Waals surface area contributed by atoms with Crippen LogP contribution in [-0.4, -0.2) is 62.6 Å². The van der Waals surface area contributed by atoms with E-state index >= 15 is 0 Å². The number of amides is 2. The third-order valence-corrected chi connectivity index (χ3v) is 4.15. The summed E-state index contributed by atoms with van der Waals surface area (Å²) in [7, 11) is 0. The van der Waals surface area contributed by atoms with Crippen LogP contribution in [0.5, 0.6) is 0 Å². The minimum atomic E-state index is -0.0377. The molecule has 1 aliphatic heterocycles. The van der Waals surface area contributed by atoms with Crippen LogP contribution in [0.2, 0.25) is 0 Å². The second kappa shape index (κ2) is 7.76. The predicted octanol–water partition coefficient (Wildman–Crippen LogP) is 1.03. The van der Waals surface area contributed by atoms with Crippen LogP contribution in [0.1, 0.15) is 29.6 Å². The highest BCUT2D eigenvalue weighted by Crippen LogP contribution is 2.11. The molecule has 1 aliphatic rings. The fourth-order valence-corrected chi connectivity index (χ4v) is 2.84. The van der Waals surface area contributed by atoms with Gasteiger partial charge in [-0.15, -0.1) is 0 Å². The second-order valence-corrected chi connectivity index (χ2v) is 5.80. The van der Waals surface area contributed by atoms with Crippen molar-refractivity contribution in [3.05, 3.63) is 36.8 Å². The number of furan rings is 1. The highest BCUT2D eigenvalue weighted by Gasteiger charge is 2.23. The van der Waals surface area contributed by atoms with E-state index in [1.54, 1.807) is 22.0 Å². The van der Waals surface area contributed by atoms with Crippen LogP contribution in [0.4, 0.5) is 0 Å². The first-order valence-corrected chi connectivity index (χ1v) is 8.16. The van der Waals surface area contributed by atoms with Gasteiger partial charge in [-0.2, -0.15) is 5.10 Å². The first kappa shape index (κ1) is 16.2. The molecule has 2 aromatic heterocycles. The van der Waals surface area contributed by atoms with E-state index in [1.807, 2.05) is 4.90 Å². The third-order valence-electron chi connectivity index (χ3n) is 4.15. The SMILES string of the molecule is O=C(CCCn1cncn1)N1CCCN(C(=O)c2ccoc2)CC1. The van der Waals surface area contributed by atoms with Crippen molar-refractivity contribution in [1.29, 1.82) is 0 Å². The Morgan fingerprint density at radius 2 is 2.00 bits per heavy atom. The highest BCUT2D eigenvalue weighted by atomic mass is 16.3. The van der Waals surface area contributed by atoms with E-state index < -0.39 is 0 Å². The van der Waals surface area contributed by atoms with E-state index in [2.05, 4.69) is 10.1 Å². The van der Waals surface area contributed by atoms with Gasteiger partial charge in [0, 0.05) is 39.1 Å². The molecule has 8 heteroatoms. The monoisotopic (exact) mass is 331 g/mol. The average Bonchev–Trinajstić information content (AvgIpc) is 3.24. The van der Waals surface area contributed by atoms with E-state index in [4.69, 9.17) is 4.42 Å². The molecule has 2 amide bonds. The maximum absolute atomic E-state index is 12.3. The topological polar surface area (TPSA) is 84.5 Å². The summed E-state index contributed by atoms with van der Waals surface area (Å²) < 4.78 is 6.69. The number of carbonyl (C=O) groups is 2. The van der Waals surface area contributed by atoms with Gasteiger partial charge < -0.3 is 14.2 Å². The van der Waals surface area contributed by atoms with Crippen molar-refractivity contribution in [2.75, 3.05) is 26.2 Å². The number of hydrogen-bond donors (Lipinski definition) is 0. The van der Waals surface area contributed by atoms with Crippen LogP contribution in [0.15, 0.2) is 35.7 Å². The molecule has 0 atom stereocenters. The van der Waals surface area contributed by atoms with Crippen molar-refractivity contribution >= 4 is 11.8 Å². The van der Waals surface area contributed by atoms with Crippen molar-refractivity contribution in [3.8, 4) is 0 Å². The Morgan fingerprint density at radius 1 is 1.17 bits per heavy atom.